The Bertz CT molecular complexity index is 1350. The van der Waals surface area contributed by atoms with E-state index in [0.717, 1.165) is 5.56 Å². The fraction of sp³-hybridized carbons (Fsp3) is 0.0435. The number of aromatic amines is 1. The van der Waals surface area contributed by atoms with Gasteiger partial charge in [-0.1, -0.05) is 30.3 Å². The van der Waals surface area contributed by atoms with Gasteiger partial charge in [-0.05, 0) is 35.4 Å². The molecule has 9 nitrogen and oxygen atoms in total. The van der Waals surface area contributed by atoms with Crippen LogP contribution in [0.3, 0.4) is 0 Å². The van der Waals surface area contributed by atoms with E-state index in [1.807, 2.05) is 30.3 Å². The monoisotopic (exact) mass is 430 g/mol. The molecule has 160 valence electrons. The number of nitro benzene ring substituents is 1. The van der Waals surface area contributed by atoms with Crippen LogP contribution in [-0.4, -0.2) is 34.2 Å². The lowest BCUT2D eigenvalue weighted by Crippen LogP contribution is -2.18. The summed E-state index contributed by atoms with van der Waals surface area (Å²) in [4.78, 5) is 26.8. The third kappa shape index (κ3) is 3.99. The summed E-state index contributed by atoms with van der Waals surface area (Å²) in [6, 6.07) is 18.2. The number of nitro groups is 1. The first-order valence-electron chi connectivity index (χ1n) is 9.54. The first-order chi connectivity index (χ1) is 15.5. The fourth-order valence-corrected chi connectivity index (χ4v) is 3.36. The molecule has 4 aromatic rings. The van der Waals surface area contributed by atoms with Crippen LogP contribution in [-0.2, 0) is 0 Å². The topological polar surface area (TPSA) is 130 Å². The molecule has 3 aromatic carbocycles. The van der Waals surface area contributed by atoms with Crippen molar-refractivity contribution in [3.8, 4) is 22.6 Å². The smallest absolute Gasteiger partial charge is 0.288 e. The summed E-state index contributed by atoms with van der Waals surface area (Å²) in [5.74, 6) is -0.234. The molecule has 9 heteroatoms. The summed E-state index contributed by atoms with van der Waals surface area (Å²) in [6.07, 6.45) is 1.41. The SMILES string of the molecule is COc1cc(/C=N/NC(=O)c2[nH]c3ccc([N+](=O)[O-])cc3c2-c2ccccc2)ccc1O. The molecule has 1 aromatic heterocycles. The molecule has 0 fully saturated rings. The van der Waals surface area contributed by atoms with Crippen LogP contribution < -0.4 is 10.2 Å². The summed E-state index contributed by atoms with van der Waals surface area (Å²) in [6.45, 7) is 0. The molecule has 0 aliphatic carbocycles. The summed E-state index contributed by atoms with van der Waals surface area (Å²) in [5.41, 5.74) is 5.10. The maximum Gasteiger partial charge on any atom is 0.288 e. The van der Waals surface area contributed by atoms with Gasteiger partial charge in [-0.25, -0.2) is 5.43 Å². The maximum absolute atomic E-state index is 12.9. The van der Waals surface area contributed by atoms with E-state index >= 15 is 0 Å². The van der Waals surface area contributed by atoms with Gasteiger partial charge in [-0.15, -0.1) is 0 Å². The van der Waals surface area contributed by atoms with E-state index in [1.165, 1.54) is 31.5 Å². The van der Waals surface area contributed by atoms with Gasteiger partial charge in [0.2, 0.25) is 0 Å². The van der Waals surface area contributed by atoms with Gasteiger partial charge in [0.25, 0.3) is 11.6 Å². The van der Waals surface area contributed by atoms with Gasteiger partial charge in [0.15, 0.2) is 11.5 Å². The highest BCUT2D eigenvalue weighted by molar-refractivity contribution is 6.10. The predicted molar refractivity (Wildman–Crippen MR) is 120 cm³/mol. The van der Waals surface area contributed by atoms with Crippen molar-refractivity contribution in [2.45, 2.75) is 0 Å². The second-order valence-corrected chi connectivity index (χ2v) is 6.86. The highest BCUT2D eigenvalue weighted by Crippen LogP contribution is 2.34. The van der Waals surface area contributed by atoms with E-state index in [2.05, 4.69) is 15.5 Å². The van der Waals surface area contributed by atoms with Crippen LogP contribution in [0.15, 0.2) is 71.8 Å². The fourth-order valence-electron chi connectivity index (χ4n) is 3.36. The third-order valence-corrected chi connectivity index (χ3v) is 4.87. The quantitative estimate of drug-likeness (QED) is 0.240. The first kappa shape index (κ1) is 20.6. The van der Waals surface area contributed by atoms with Crippen molar-refractivity contribution in [2.24, 2.45) is 5.10 Å². The minimum atomic E-state index is -0.510. The van der Waals surface area contributed by atoms with Crippen LogP contribution in [0.25, 0.3) is 22.0 Å². The molecule has 0 aliphatic heterocycles. The van der Waals surface area contributed by atoms with Crippen molar-refractivity contribution in [1.82, 2.24) is 10.4 Å². The number of non-ortho nitro benzene ring substituents is 1. The second kappa shape index (κ2) is 8.60. The lowest BCUT2D eigenvalue weighted by atomic mass is 10.0. The van der Waals surface area contributed by atoms with Gasteiger partial charge in [0.05, 0.1) is 18.2 Å². The number of hydrogen-bond donors (Lipinski definition) is 3. The van der Waals surface area contributed by atoms with Crippen molar-refractivity contribution in [1.29, 1.82) is 0 Å². The highest BCUT2D eigenvalue weighted by atomic mass is 16.6. The number of hydrogen-bond acceptors (Lipinski definition) is 6. The van der Waals surface area contributed by atoms with Crippen molar-refractivity contribution in [3.63, 3.8) is 0 Å². The Morgan fingerprint density at radius 2 is 1.94 bits per heavy atom. The number of phenolic OH excluding ortho intramolecular Hbond substituents is 1. The Labute approximate surface area is 182 Å². The Kier molecular flexibility index (Phi) is 5.54. The van der Waals surface area contributed by atoms with E-state index < -0.39 is 10.8 Å². The third-order valence-electron chi connectivity index (χ3n) is 4.87. The van der Waals surface area contributed by atoms with Gasteiger partial charge in [0, 0.05) is 28.6 Å². The number of carbonyl (C=O) groups excluding carboxylic acids is 1. The number of amides is 1. The molecular formula is C23H18N4O5. The number of phenols is 1. The largest absolute Gasteiger partial charge is 0.504 e. The maximum atomic E-state index is 12.9. The van der Waals surface area contributed by atoms with Gasteiger partial charge in [-0.3, -0.25) is 14.9 Å². The van der Waals surface area contributed by atoms with Gasteiger partial charge in [-0.2, -0.15) is 5.10 Å². The minimum Gasteiger partial charge on any atom is -0.504 e. The van der Waals surface area contributed by atoms with Crippen LogP contribution >= 0.6 is 0 Å². The van der Waals surface area contributed by atoms with E-state index in [-0.39, 0.29) is 22.9 Å². The molecule has 0 atom stereocenters. The molecular weight excluding hydrogens is 412 g/mol. The van der Waals surface area contributed by atoms with Crippen LogP contribution in [0.1, 0.15) is 16.1 Å². The Morgan fingerprint density at radius 3 is 2.66 bits per heavy atom. The number of nitrogens with zero attached hydrogens (tertiary/aromatic N) is 2. The number of nitrogens with one attached hydrogen (secondary N) is 2. The van der Waals surface area contributed by atoms with Crippen LogP contribution in [0.4, 0.5) is 5.69 Å². The molecule has 0 saturated carbocycles. The molecule has 0 bridgehead atoms. The summed E-state index contributed by atoms with van der Waals surface area (Å²) in [5, 5.41) is 25.5. The highest BCUT2D eigenvalue weighted by Gasteiger charge is 2.21. The van der Waals surface area contributed by atoms with Crippen molar-refractivity contribution in [2.75, 3.05) is 7.11 Å². The number of hydrazone groups is 1. The minimum absolute atomic E-state index is 0.00615. The van der Waals surface area contributed by atoms with Gasteiger partial charge >= 0.3 is 0 Å². The molecule has 3 N–H and O–H groups in total. The molecule has 0 unspecified atom stereocenters. The number of aromatic hydroxyl groups is 1. The summed E-state index contributed by atoms with van der Waals surface area (Å²) < 4.78 is 5.06. The van der Waals surface area contributed by atoms with E-state index in [4.69, 9.17) is 4.74 Å². The number of aromatic nitrogens is 1. The van der Waals surface area contributed by atoms with E-state index in [0.29, 0.717) is 22.0 Å². The molecule has 4 rings (SSSR count). The molecule has 1 amide bonds. The molecule has 0 spiro atoms. The van der Waals surface area contributed by atoms with Gasteiger partial charge in [0.1, 0.15) is 5.69 Å². The van der Waals surface area contributed by atoms with Crippen LogP contribution in [0, 0.1) is 10.1 Å². The Hall–Kier alpha value is -4.66. The molecule has 0 saturated heterocycles. The van der Waals surface area contributed by atoms with Crippen LogP contribution in [0.5, 0.6) is 11.5 Å². The normalized spacial score (nSPS) is 11.0. The molecule has 1 heterocycles. The Balaban J connectivity index is 1.70. The predicted octanol–water partition coefficient (Wildman–Crippen LogP) is 4.22. The average molecular weight is 430 g/mol. The zero-order valence-electron chi connectivity index (χ0n) is 16.9. The summed E-state index contributed by atoms with van der Waals surface area (Å²) >= 11 is 0. The number of ether oxygens (including phenoxy) is 1. The number of fused-ring (bicyclic) bond motifs is 1. The number of rotatable bonds is 6. The molecule has 0 aliphatic rings. The Morgan fingerprint density at radius 1 is 1.16 bits per heavy atom. The van der Waals surface area contributed by atoms with Gasteiger partial charge < -0.3 is 14.8 Å². The lowest BCUT2D eigenvalue weighted by molar-refractivity contribution is -0.384. The number of carbonyl (C=O) groups is 1. The number of H-pyrrole nitrogens is 1. The zero-order chi connectivity index (χ0) is 22.7. The lowest BCUT2D eigenvalue weighted by Gasteiger charge is -2.05. The number of methoxy groups -OCH3 is 1. The number of benzene rings is 3. The molecule has 0 radical (unpaired) electrons. The van der Waals surface area contributed by atoms with Crippen molar-refractivity contribution in [3.05, 3.63) is 88.1 Å². The van der Waals surface area contributed by atoms with Crippen molar-refractivity contribution >= 4 is 28.7 Å². The standard InChI is InChI=1S/C23H18N4O5/c1-32-20-11-14(7-10-19(20)28)13-24-26-23(29)22-21(15-5-3-2-4-6-15)17-12-16(27(30)31)8-9-18(17)25-22/h2-13,25,28H,1H3,(H,26,29)/b24-13+. The zero-order valence-corrected chi connectivity index (χ0v) is 16.9. The van der Waals surface area contributed by atoms with E-state index in [9.17, 15) is 20.0 Å². The summed E-state index contributed by atoms with van der Waals surface area (Å²) in [7, 11) is 1.43. The first-order valence-corrected chi connectivity index (χ1v) is 9.54. The second-order valence-electron chi connectivity index (χ2n) is 6.86. The van der Waals surface area contributed by atoms with E-state index in [1.54, 1.807) is 18.2 Å². The molecule has 32 heavy (non-hydrogen) atoms. The average Bonchev–Trinajstić information content (AvgIpc) is 3.19. The van der Waals surface area contributed by atoms with Crippen LogP contribution in [0.2, 0.25) is 0 Å². The van der Waals surface area contributed by atoms with Crippen molar-refractivity contribution < 1.29 is 19.6 Å².